The van der Waals surface area contributed by atoms with Crippen LogP contribution in [-0.4, -0.2) is 33.8 Å². The van der Waals surface area contributed by atoms with Crippen molar-refractivity contribution in [1.29, 1.82) is 0 Å². The smallest absolute Gasteiger partial charge is 0.143 e. The van der Waals surface area contributed by atoms with Crippen LogP contribution in [-0.2, 0) is 18.7 Å². The van der Waals surface area contributed by atoms with Gasteiger partial charge in [0.1, 0.15) is 5.76 Å². The Morgan fingerprint density at radius 3 is 2.48 bits per heavy atom. The molecule has 1 N–H and O–H groups in total. The third kappa shape index (κ3) is 2.98. The lowest BCUT2D eigenvalue weighted by Gasteiger charge is -2.20. The molecule has 0 amide bonds. The second-order valence-corrected chi connectivity index (χ2v) is 7.86. The molecule has 0 aliphatic rings. The monoisotopic (exact) mass is 341 g/mol. The number of aryl methyl sites for hydroxylation is 1. The van der Waals surface area contributed by atoms with Gasteiger partial charge in [-0.05, 0) is 27.1 Å². The molecule has 0 radical (unpaired) electrons. The Hall–Kier alpha value is -2.11. The summed E-state index contributed by atoms with van der Waals surface area (Å²) in [6, 6.07) is 8.21. The van der Waals surface area contributed by atoms with E-state index in [9.17, 15) is 5.11 Å². The van der Waals surface area contributed by atoms with E-state index in [0.29, 0.717) is 6.67 Å². The molecule has 25 heavy (non-hydrogen) atoms. The molecule has 0 saturated heterocycles. The second-order valence-electron chi connectivity index (χ2n) is 7.86. The van der Waals surface area contributed by atoms with Gasteiger partial charge in [-0.2, -0.15) is 0 Å². The first-order valence-electron chi connectivity index (χ1n) is 8.58. The zero-order valence-corrected chi connectivity index (χ0v) is 15.9. The minimum atomic E-state index is -0.154. The van der Waals surface area contributed by atoms with Gasteiger partial charge < -0.3 is 14.2 Å². The lowest BCUT2D eigenvalue weighted by atomic mass is 9.87. The fourth-order valence-corrected chi connectivity index (χ4v) is 3.41. The molecule has 0 aliphatic carbocycles. The second kappa shape index (κ2) is 6.32. The molecule has 134 valence electrons. The maximum atomic E-state index is 10.2. The molecule has 2 aromatic heterocycles. The van der Waals surface area contributed by atoms with Crippen LogP contribution in [0.4, 0.5) is 0 Å². The third-order valence-corrected chi connectivity index (χ3v) is 4.47. The number of hydrogen-bond donors (Lipinski definition) is 1. The van der Waals surface area contributed by atoms with Crippen molar-refractivity contribution in [2.75, 3.05) is 14.1 Å². The van der Waals surface area contributed by atoms with Gasteiger partial charge in [-0.3, -0.25) is 4.90 Å². The molecule has 0 fully saturated rings. The molecule has 0 spiro atoms. The van der Waals surface area contributed by atoms with Crippen LogP contribution in [0.5, 0.6) is 0 Å². The van der Waals surface area contributed by atoms with Crippen molar-refractivity contribution >= 4 is 10.9 Å². The average molecular weight is 341 g/mol. The van der Waals surface area contributed by atoms with Crippen LogP contribution in [0.3, 0.4) is 0 Å². The molecule has 0 saturated carbocycles. The van der Waals surface area contributed by atoms with E-state index in [1.807, 2.05) is 33.2 Å². The van der Waals surface area contributed by atoms with Crippen LogP contribution in [0.2, 0.25) is 0 Å². The summed E-state index contributed by atoms with van der Waals surface area (Å²) in [4.78, 5) is 2.12. The fraction of sp³-hybridized carbons (Fsp3) is 0.450. The highest BCUT2D eigenvalue weighted by Crippen LogP contribution is 2.40. The average Bonchev–Trinajstić information content (AvgIpc) is 3.05. The van der Waals surface area contributed by atoms with Gasteiger partial charge in [0.25, 0.3) is 0 Å². The molecule has 3 aromatic rings. The predicted octanol–water partition coefficient (Wildman–Crippen LogP) is 3.91. The number of benzene rings is 1. The highest BCUT2D eigenvalue weighted by molar-refractivity contribution is 5.92. The van der Waals surface area contributed by atoms with E-state index in [1.165, 1.54) is 0 Å². The van der Waals surface area contributed by atoms with Crippen LogP contribution < -0.4 is 0 Å². The first-order chi connectivity index (χ1) is 11.8. The first-order valence-corrected chi connectivity index (χ1v) is 8.58. The maximum Gasteiger partial charge on any atom is 0.143 e. The fourth-order valence-electron chi connectivity index (χ4n) is 3.41. The zero-order chi connectivity index (χ0) is 18.4. The number of para-hydroxylation sites is 1. The quantitative estimate of drug-likeness (QED) is 0.781. The zero-order valence-electron chi connectivity index (χ0n) is 15.9. The van der Waals surface area contributed by atoms with Crippen molar-refractivity contribution in [3.8, 4) is 11.3 Å². The van der Waals surface area contributed by atoms with E-state index in [4.69, 9.17) is 4.52 Å². The lowest BCUT2D eigenvalue weighted by molar-refractivity contribution is 0.282. The molecular weight excluding hydrogens is 314 g/mol. The Morgan fingerprint density at radius 1 is 1.20 bits per heavy atom. The molecule has 3 rings (SSSR count). The van der Waals surface area contributed by atoms with Crippen molar-refractivity contribution in [2.24, 2.45) is 0 Å². The summed E-state index contributed by atoms with van der Waals surface area (Å²) in [6.45, 7) is 9.02. The van der Waals surface area contributed by atoms with Crippen LogP contribution in [0.25, 0.3) is 22.2 Å². The van der Waals surface area contributed by atoms with E-state index < -0.39 is 0 Å². The SMILES string of the molecule is Cc1onc(C(C)(C)C)c1-c1c(CO)c2ccccc2n1CN(C)C. The number of fused-ring (bicyclic) bond motifs is 1. The minimum absolute atomic E-state index is 0.0233. The number of hydrogen-bond acceptors (Lipinski definition) is 4. The van der Waals surface area contributed by atoms with Gasteiger partial charge in [0, 0.05) is 16.4 Å². The molecule has 1 aromatic carbocycles. The first kappa shape index (κ1) is 17.7. The summed E-state index contributed by atoms with van der Waals surface area (Å²) in [5.41, 5.74) is 4.79. The number of aromatic nitrogens is 2. The molecule has 0 bridgehead atoms. The van der Waals surface area contributed by atoms with E-state index >= 15 is 0 Å². The summed E-state index contributed by atoms with van der Waals surface area (Å²) in [5, 5.41) is 15.6. The minimum Gasteiger partial charge on any atom is -0.392 e. The summed E-state index contributed by atoms with van der Waals surface area (Å²) in [6.07, 6.45) is 0. The topological polar surface area (TPSA) is 54.4 Å². The maximum absolute atomic E-state index is 10.2. The molecule has 0 aliphatic heterocycles. The standard InChI is InChI=1S/C20H27N3O2/c1-13-17(19(21-25-13)20(2,3)4)18-15(11-24)14-9-7-8-10-16(14)23(18)12-22(5)6/h7-10,24H,11-12H2,1-6H3. The molecule has 0 unspecified atom stereocenters. The van der Waals surface area contributed by atoms with Crippen LogP contribution in [0.15, 0.2) is 28.8 Å². The van der Waals surface area contributed by atoms with Crippen molar-refractivity contribution in [1.82, 2.24) is 14.6 Å². The van der Waals surface area contributed by atoms with Crippen LogP contribution >= 0.6 is 0 Å². The van der Waals surface area contributed by atoms with Gasteiger partial charge in [-0.25, -0.2) is 0 Å². The molecule has 5 heteroatoms. The normalized spacial score (nSPS) is 12.5. The van der Waals surface area contributed by atoms with E-state index in [1.54, 1.807) is 0 Å². The van der Waals surface area contributed by atoms with Crippen molar-refractivity contribution < 1.29 is 9.63 Å². The Bertz CT molecular complexity index is 898. The predicted molar refractivity (Wildman–Crippen MR) is 100 cm³/mol. The Balaban J connectivity index is 2.42. The van der Waals surface area contributed by atoms with Gasteiger partial charge in [0.15, 0.2) is 0 Å². The van der Waals surface area contributed by atoms with E-state index in [0.717, 1.165) is 39.2 Å². The third-order valence-electron chi connectivity index (χ3n) is 4.47. The van der Waals surface area contributed by atoms with Gasteiger partial charge in [-0.1, -0.05) is 44.1 Å². The van der Waals surface area contributed by atoms with Gasteiger partial charge in [0.05, 0.1) is 35.7 Å². The van der Waals surface area contributed by atoms with Gasteiger partial charge in [-0.15, -0.1) is 0 Å². The molecule has 5 nitrogen and oxygen atoms in total. The Kier molecular flexibility index (Phi) is 4.47. The highest BCUT2D eigenvalue weighted by Gasteiger charge is 2.30. The summed E-state index contributed by atoms with van der Waals surface area (Å²) >= 11 is 0. The molecule has 2 heterocycles. The number of aliphatic hydroxyl groups is 1. The summed E-state index contributed by atoms with van der Waals surface area (Å²) in [5.74, 6) is 0.780. The van der Waals surface area contributed by atoms with Crippen LogP contribution in [0.1, 0.15) is 37.8 Å². The number of nitrogens with zero attached hydrogens (tertiary/aromatic N) is 3. The molecule has 0 atom stereocenters. The number of rotatable bonds is 4. The van der Waals surface area contributed by atoms with Crippen molar-refractivity contribution in [2.45, 2.75) is 46.4 Å². The Morgan fingerprint density at radius 2 is 1.88 bits per heavy atom. The van der Waals surface area contributed by atoms with E-state index in [-0.39, 0.29) is 12.0 Å². The highest BCUT2D eigenvalue weighted by atomic mass is 16.5. The van der Waals surface area contributed by atoms with Gasteiger partial charge in [0.2, 0.25) is 0 Å². The van der Waals surface area contributed by atoms with Crippen molar-refractivity contribution in [3.63, 3.8) is 0 Å². The largest absolute Gasteiger partial charge is 0.392 e. The van der Waals surface area contributed by atoms with Crippen LogP contribution in [0, 0.1) is 6.92 Å². The Labute approximate surface area is 148 Å². The lowest BCUT2D eigenvalue weighted by Crippen LogP contribution is -2.19. The van der Waals surface area contributed by atoms with E-state index in [2.05, 4.69) is 47.5 Å². The van der Waals surface area contributed by atoms with Crippen molar-refractivity contribution in [3.05, 3.63) is 41.3 Å². The number of aliphatic hydroxyl groups excluding tert-OH is 1. The van der Waals surface area contributed by atoms with Gasteiger partial charge >= 0.3 is 0 Å². The summed E-state index contributed by atoms with van der Waals surface area (Å²) < 4.78 is 7.82. The summed E-state index contributed by atoms with van der Waals surface area (Å²) in [7, 11) is 4.09. The molecular formula is C20H27N3O2.